The summed E-state index contributed by atoms with van der Waals surface area (Å²) in [6, 6.07) is 8.09. The van der Waals surface area contributed by atoms with Gasteiger partial charge in [0.2, 0.25) is 0 Å². The van der Waals surface area contributed by atoms with E-state index in [1.807, 2.05) is 24.4 Å². The number of fused-ring (bicyclic) bond motifs is 1. The summed E-state index contributed by atoms with van der Waals surface area (Å²) in [4.78, 5) is 9.97. The first-order valence-corrected chi connectivity index (χ1v) is 8.88. The predicted molar refractivity (Wildman–Crippen MR) is 115 cm³/mol. The number of aliphatic imine (C=N–C) groups is 1. The molecule has 2 aromatic heterocycles. The molecule has 0 radical (unpaired) electrons. The smallest absolute Gasteiger partial charge is 0.191 e. The molecule has 0 aliphatic heterocycles. The van der Waals surface area contributed by atoms with Crippen LogP contribution in [0, 0.1) is 6.92 Å². The monoisotopic (exact) mass is 470 g/mol. The van der Waals surface area contributed by atoms with Crippen LogP contribution in [0.3, 0.4) is 0 Å². The molecule has 0 saturated heterocycles. The van der Waals surface area contributed by atoms with E-state index in [4.69, 9.17) is 4.42 Å². The Balaban J connectivity index is 0.00000225. The van der Waals surface area contributed by atoms with Crippen LogP contribution < -0.4 is 10.6 Å². The Kier molecular flexibility index (Phi) is 7.24. The molecule has 0 saturated carbocycles. The Bertz CT molecular complexity index is 856. The SMILES string of the molecule is CCc1cnc(CNC(=NC)NCc2oc3ccccc3c2C)s1.I. The highest BCUT2D eigenvalue weighted by atomic mass is 127. The van der Waals surface area contributed by atoms with Gasteiger partial charge in [0.15, 0.2) is 5.96 Å². The fourth-order valence-corrected chi connectivity index (χ4v) is 3.33. The van der Waals surface area contributed by atoms with Gasteiger partial charge in [-0.3, -0.25) is 4.99 Å². The topological polar surface area (TPSA) is 62.5 Å². The molecule has 0 spiro atoms. The van der Waals surface area contributed by atoms with E-state index in [2.05, 4.69) is 40.5 Å². The number of rotatable bonds is 5. The summed E-state index contributed by atoms with van der Waals surface area (Å²) in [5, 5.41) is 8.82. The Labute approximate surface area is 169 Å². The number of aryl methyl sites for hydroxylation is 2. The summed E-state index contributed by atoms with van der Waals surface area (Å²) in [5.74, 6) is 1.67. The van der Waals surface area contributed by atoms with Crippen LogP contribution in [0.5, 0.6) is 0 Å². The molecule has 0 amide bonds. The molecule has 5 nitrogen and oxygen atoms in total. The first-order valence-electron chi connectivity index (χ1n) is 8.06. The van der Waals surface area contributed by atoms with Gasteiger partial charge in [0, 0.05) is 29.1 Å². The number of thiazole rings is 1. The largest absolute Gasteiger partial charge is 0.459 e. The molecule has 134 valence electrons. The average molecular weight is 470 g/mol. The van der Waals surface area contributed by atoms with Gasteiger partial charge < -0.3 is 15.1 Å². The minimum absolute atomic E-state index is 0. The zero-order valence-electron chi connectivity index (χ0n) is 14.6. The lowest BCUT2D eigenvalue weighted by atomic mass is 10.1. The molecule has 0 bridgehead atoms. The van der Waals surface area contributed by atoms with Gasteiger partial charge in [0.25, 0.3) is 0 Å². The van der Waals surface area contributed by atoms with Crippen LogP contribution in [0.1, 0.15) is 28.1 Å². The van der Waals surface area contributed by atoms with Crippen LogP contribution >= 0.6 is 35.3 Å². The van der Waals surface area contributed by atoms with Gasteiger partial charge >= 0.3 is 0 Å². The lowest BCUT2D eigenvalue weighted by Crippen LogP contribution is -2.36. The van der Waals surface area contributed by atoms with Gasteiger partial charge in [-0.2, -0.15) is 0 Å². The van der Waals surface area contributed by atoms with Gasteiger partial charge in [-0.25, -0.2) is 4.98 Å². The molecule has 2 N–H and O–H groups in total. The minimum Gasteiger partial charge on any atom is -0.459 e. The molecular weight excluding hydrogens is 447 g/mol. The maximum absolute atomic E-state index is 5.92. The third-order valence-electron chi connectivity index (χ3n) is 3.94. The molecule has 3 rings (SSSR count). The summed E-state index contributed by atoms with van der Waals surface area (Å²) >= 11 is 1.73. The molecule has 0 aliphatic carbocycles. The van der Waals surface area contributed by atoms with Crippen LogP contribution in [-0.4, -0.2) is 18.0 Å². The number of para-hydroxylation sites is 1. The number of halogens is 1. The lowest BCUT2D eigenvalue weighted by Gasteiger charge is -2.10. The number of guanidine groups is 1. The first kappa shape index (κ1) is 19.7. The highest BCUT2D eigenvalue weighted by Crippen LogP contribution is 2.24. The molecule has 25 heavy (non-hydrogen) atoms. The van der Waals surface area contributed by atoms with Crippen LogP contribution in [0.25, 0.3) is 11.0 Å². The van der Waals surface area contributed by atoms with E-state index < -0.39 is 0 Å². The molecule has 7 heteroatoms. The van der Waals surface area contributed by atoms with Crippen molar-refractivity contribution in [1.82, 2.24) is 15.6 Å². The van der Waals surface area contributed by atoms with Crippen molar-refractivity contribution in [3.63, 3.8) is 0 Å². The minimum atomic E-state index is 0. The summed E-state index contributed by atoms with van der Waals surface area (Å²) in [7, 11) is 1.76. The van der Waals surface area contributed by atoms with Crippen LogP contribution in [0.4, 0.5) is 0 Å². The molecule has 0 fully saturated rings. The van der Waals surface area contributed by atoms with Crippen LogP contribution in [0.2, 0.25) is 0 Å². The van der Waals surface area contributed by atoms with Crippen molar-refractivity contribution in [2.75, 3.05) is 7.05 Å². The lowest BCUT2D eigenvalue weighted by molar-refractivity contribution is 0.534. The number of nitrogens with one attached hydrogen (secondary N) is 2. The van der Waals surface area contributed by atoms with Crippen molar-refractivity contribution in [3.8, 4) is 0 Å². The third-order valence-corrected chi connectivity index (χ3v) is 5.08. The number of furan rings is 1. The third kappa shape index (κ3) is 4.72. The predicted octanol–water partition coefficient (Wildman–Crippen LogP) is 4.24. The van der Waals surface area contributed by atoms with Gasteiger partial charge in [-0.1, -0.05) is 25.1 Å². The standard InChI is InChI=1S/C18H22N4OS.HI/c1-4-13-9-20-17(24-13)11-22-18(19-3)21-10-16-12(2)14-7-5-6-8-15(14)23-16;/h5-9H,4,10-11H2,1-3H3,(H2,19,21,22);1H. The van der Waals surface area contributed by atoms with Crippen molar-refractivity contribution in [2.45, 2.75) is 33.4 Å². The number of benzene rings is 1. The second-order valence-corrected chi connectivity index (χ2v) is 6.70. The second-order valence-electron chi connectivity index (χ2n) is 5.50. The average Bonchev–Trinajstić information content (AvgIpc) is 3.20. The molecular formula is C18H23IN4OS. The van der Waals surface area contributed by atoms with E-state index in [0.29, 0.717) is 13.1 Å². The summed E-state index contributed by atoms with van der Waals surface area (Å²) in [6.07, 6.45) is 2.96. The molecule has 0 unspecified atom stereocenters. The van der Waals surface area contributed by atoms with E-state index in [1.165, 1.54) is 10.4 Å². The zero-order chi connectivity index (χ0) is 16.9. The summed E-state index contributed by atoms with van der Waals surface area (Å²) < 4.78 is 5.92. The Morgan fingerprint density at radius 3 is 2.68 bits per heavy atom. The number of aromatic nitrogens is 1. The second kappa shape index (κ2) is 9.19. The number of hydrogen-bond donors (Lipinski definition) is 2. The molecule has 3 aromatic rings. The van der Waals surface area contributed by atoms with Crippen molar-refractivity contribution in [3.05, 3.63) is 51.7 Å². The fourth-order valence-electron chi connectivity index (χ4n) is 2.53. The highest BCUT2D eigenvalue weighted by Gasteiger charge is 2.10. The van der Waals surface area contributed by atoms with Crippen molar-refractivity contribution in [1.29, 1.82) is 0 Å². The van der Waals surface area contributed by atoms with Crippen LogP contribution in [0.15, 0.2) is 39.9 Å². The Hall–Kier alpha value is -1.61. The number of nitrogens with zero attached hydrogens (tertiary/aromatic N) is 2. The van der Waals surface area contributed by atoms with E-state index >= 15 is 0 Å². The van der Waals surface area contributed by atoms with Gasteiger partial charge in [-0.15, -0.1) is 35.3 Å². The quantitative estimate of drug-likeness (QED) is 0.333. The fraction of sp³-hybridized carbons (Fsp3) is 0.333. The maximum atomic E-state index is 5.92. The normalized spacial score (nSPS) is 11.4. The van der Waals surface area contributed by atoms with Crippen LogP contribution in [-0.2, 0) is 19.5 Å². The van der Waals surface area contributed by atoms with Crippen molar-refractivity contribution >= 4 is 52.2 Å². The first-order chi connectivity index (χ1) is 11.7. The Morgan fingerprint density at radius 1 is 1.24 bits per heavy atom. The molecule has 0 aliphatic rings. The summed E-state index contributed by atoms with van der Waals surface area (Å²) in [5.41, 5.74) is 2.09. The van der Waals surface area contributed by atoms with Crippen molar-refractivity contribution < 1.29 is 4.42 Å². The highest BCUT2D eigenvalue weighted by molar-refractivity contribution is 14.0. The molecule has 2 heterocycles. The maximum Gasteiger partial charge on any atom is 0.191 e. The summed E-state index contributed by atoms with van der Waals surface area (Å²) in [6.45, 7) is 5.49. The van der Waals surface area contributed by atoms with Crippen molar-refractivity contribution in [2.24, 2.45) is 4.99 Å². The molecule has 0 atom stereocenters. The van der Waals surface area contributed by atoms with E-state index in [1.54, 1.807) is 18.4 Å². The van der Waals surface area contributed by atoms with Gasteiger partial charge in [0.1, 0.15) is 16.4 Å². The van der Waals surface area contributed by atoms with Gasteiger partial charge in [-0.05, 0) is 19.4 Å². The van der Waals surface area contributed by atoms with E-state index in [-0.39, 0.29) is 24.0 Å². The van der Waals surface area contributed by atoms with E-state index in [9.17, 15) is 0 Å². The van der Waals surface area contributed by atoms with Gasteiger partial charge in [0.05, 0.1) is 13.1 Å². The Morgan fingerprint density at radius 2 is 2.00 bits per heavy atom. The number of hydrogen-bond acceptors (Lipinski definition) is 4. The molecule has 1 aromatic carbocycles. The zero-order valence-corrected chi connectivity index (χ0v) is 17.8. The van der Waals surface area contributed by atoms with E-state index in [0.717, 1.165) is 34.1 Å².